The minimum absolute atomic E-state index is 0.0199. The number of amides is 1. The van der Waals surface area contributed by atoms with Gasteiger partial charge >= 0.3 is 0 Å². The highest BCUT2D eigenvalue weighted by atomic mass is 32.2. The molecule has 0 aliphatic carbocycles. The Morgan fingerprint density at radius 3 is 2.55 bits per heavy atom. The highest BCUT2D eigenvalue weighted by molar-refractivity contribution is 7.99. The van der Waals surface area contributed by atoms with E-state index in [4.69, 9.17) is 0 Å². The Labute approximate surface area is 135 Å². The third-order valence-corrected chi connectivity index (χ3v) is 4.46. The first kappa shape index (κ1) is 16.5. The van der Waals surface area contributed by atoms with Crippen molar-refractivity contribution in [3.8, 4) is 5.69 Å². The van der Waals surface area contributed by atoms with E-state index >= 15 is 0 Å². The molecule has 2 rings (SSSR count). The van der Waals surface area contributed by atoms with Gasteiger partial charge in [0.1, 0.15) is 5.82 Å². The molecule has 5 nitrogen and oxygen atoms in total. The van der Waals surface area contributed by atoms with Gasteiger partial charge in [-0.15, -0.1) is 10.2 Å². The molecule has 2 aromatic rings. The maximum absolute atomic E-state index is 12.0. The second kappa shape index (κ2) is 7.45. The molecule has 0 bridgehead atoms. The summed E-state index contributed by atoms with van der Waals surface area (Å²) in [5.41, 5.74) is 1.00. The molecule has 1 heterocycles. The highest BCUT2D eigenvalue weighted by Gasteiger charge is 2.15. The summed E-state index contributed by atoms with van der Waals surface area (Å²) in [7, 11) is 0. The molecule has 0 unspecified atom stereocenters. The van der Waals surface area contributed by atoms with Crippen LogP contribution in [0.4, 0.5) is 0 Å². The molecule has 1 atom stereocenters. The van der Waals surface area contributed by atoms with Crippen LogP contribution in [0.2, 0.25) is 0 Å². The predicted molar refractivity (Wildman–Crippen MR) is 89.3 cm³/mol. The van der Waals surface area contributed by atoms with E-state index in [9.17, 15) is 4.79 Å². The van der Waals surface area contributed by atoms with Gasteiger partial charge in [-0.25, -0.2) is 0 Å². The zero-order valence-electron chi connectivity index (χ0n) is 13.4. The van der Waals surface area contributed by atoms with Crippen molar-refractivity contribution in [1.29, 1.82) is 0 Å². The third kappa shape index (κ3) is 4.10. The number of rotatable bonds is 6. The molecule has 22 heavy (non-hydrogen) atoms. The molecule has 0 spiro atoms. The van der Waals surface area contributed by atoms with Crippen LogP contribution < -0.4 is 5.32 Å². The quantitative estimate of drug-likeness (QED) is 0.832. The summed E-state index contributed by atoms with van der Waals surface area (Å²) in [5.74, 6) is 1.59. The van der Waals surface area contributed by atoms with Gasteiger partial charge in [-0.2, -0.15) is 0 Å². The van der Waals surface area contributed by atoms with Crippen molar-refractivity contribution in [1.82, 2.24) is 20.1 Å². The van der Waals surface area contributed by atoms with Crippen molar-refractivity contribution in [2.75, 3.05) is 5.75 Å². The van der Waals surface area contributed by atoms with Crippen LogP contribution in [0.15, 0.2) is 35.5 Å². The lowest BCUT2D eigenvalue weighted by atomic mass is 10.1. The van der Waals surface area contributed by atoms with Crippen LogP contribution in [0.1, 0.15) is 26.6 Å². The standard InChI is InChI=1S/C16H22N4OS/c1-11(2)12(3)17-15(21)10-22-16-19-18-13(4)20(16)14-8-6-5-7-9-14/h5-9,11-12H,10H2,1-4H3,(H,17,21)/t12-/m0/s1. The Kier molecular flexibility index (Phi) is 5.60. The normalized spacial score (nSPS) is 12.4. The summed E-state index contributed by atoms with van der Waals surface area (Å²) in [5, 5.41) is 12.0. The van der Waals surface area contributed by atoms with E-state index in [2.05, 4.69) is 29.4 Å². The second-order valence-corrected chi connectivity index (χ2v) is 6.53. The zero-order chi connectivity index (χ0) is 16.1. The third-order valence-electron chi connectivity index (χ3n) is 3.53. The van der Waals surface area contributed by atoms with E-state index in [1.807, 2.05) is 48.7 Å². The second-order valence-electron chi connectivity index (χ2n) is 5.59. The molecule has 6 heteroatoms. The minimum Gasteiger partial charge on any atom is -0.353 e. The first-order valence-electron chi connectivity index (χ1n) is 7.38. The van der Waals surface area contributed by atoms with E-state index in [1.54, 1.807) is 0 Å². The number of nitrogens with one attached hydrogen (secondary N) is 1. The number of nitrogens with zero attached hydrogens (tertiary/aromatic N) is 3. The van der Waals surface area contributed by atoms with Crippen molar-refractivity contribution in [3.05, 3.63) is 36.2 Å². The fourth-order valence-corrected chi connectivity index (χ4v) is 2.71. The Morgan fingerprint density at radius 2 is 1.91 bits per heavy atom. The zero-order valence-corrected chi connectivity index (χ0v) is 14.2. The molecular weight excluding hydrogens is 296 g/mol. The summed E-state index contributed by atoms with van der Waals surface area (Å²) in [4.78, 5) is 12.0. The number of benzene rings is 1. The van der Waals surface area contributed by atoms with E-state index in [0.717, 1.165) is 16.7 Å². The maximum Gasteiger partial charge on any atom is 0.230 e. The van der Waals surface area contributed by atoms with Crippen LogP contribution in [0, 0.1) is 12.8 Å². The van der Waals surface area contributed by atoms with Crippen LogP contribution in [0.5, 0.6) is 0 Å². The number of para-hydroxylation sites is 1. The van der Waals surface area contributed by atoms with Crippen LogP contribution in [0.25, 0.3) is 5.69 Å². The van der Waals surface area contributed by atoms with Crippen molar-refractivity contribution >= 4 is 17.7 Å². The molecule has 1 aromatic heterocycles. The Hall–Kier alpha value is -1.82. The van der Waals surface area contributed by atoms with Gasteiger partial charge in [0.25, 0.3) is 0 Å². The molecule has 1 N–H and O–H groups in total. The van der Waals surface area contributed by atoms with Crippen molar-refractivity contribution in [2.45, 2.75) is 38.9 Å². The molecule has 0 aliphatic rings. The predicted octanol–water partition coefficient (Wildman–Crippen LogP) is 2.83. The Balaban J connectivity index is 2.04. The van der Waals surface area contributed by atoms with Gasteiger partial charge < -0.3 is 5.32 Å². The number of carbonyl (C=O) groups excluding carboxylic acids is 1. The Bertz CT molecular complexity index is 624. The molecule has 0 fully saturated rings. The summed E-state index contributed by atoms with van der Waals surface area (Å²) < 4.78 is 1.96. The van der Waals surface area contributed by atoms with Crippen LogP contribution in [-0.2, 0) is 4.79 Å². The lowest BCUT2D eigenvalue weighted by Crippen LogP contribution is -2.37. The van der Waals surface area contributed by atoms with Gasteiger partial charge in [0.2, 0.25) is 5.91 Å². The van der Waals surface area contributed by atoms with E-state index in [1.165, 1.54) is 11.8 Å². The maximum atomic E-state index is 12.0. The topological polar surface area (TPSA) is 59.8 Å². The van der Waals surface area contributed by atoms with Crippen molar-refractivity contribution < 1.29 is 4.79 Å². The Morgan fingerprint density at radius 1 is 1.23 bits per heavy atom. The fourth-order valence-electron chi connectivity index (χ4n) is 1.90. The summed E-state index contributed by atoms with van der Waals surface area (Å²) in [6.45, 7) is 8.11. The van der Waals surface area contributed by atoms with E-state index < -0.39 is 0 Å². The average Bonchev–Trinajstić information content (AvgIpc) is 2.86. The van der Waals surface area contributed by atoms with Gasteiger partial charge in [-0.1, -0.05) is 43.8 Å². The first-order valence-corrected chi connectivity index (χ1v) is 8.37. The molecular formula is C16H22N4OS. The lowest BCUT2D eigenvalue weighted by Gasteiger charge is -2.17. The molecule has 1 aromatic carbocycles. The number of hydrogen-bond donors (Lipinski definition) is 1. The molecule has 0 radical (unpaired) electrons. The van der Waals surface area contributed by atoms with Gasteiger partial charge in [-0.3, -0.25) is 9.36 Å². The fraction of sp³-hybridized carbons (Fsp3) is 0.438. The number of thioether (sulfide) groups is 1. The molecule has 0 aliphatic heterocycles. The van der Waals surface area contributed by atoms with Gasteiger partial charge in [0.05, 0.1) is 5.75 Å². The minimum atomic E-state index is 0.0199. The van der Waals surface area contributed by atoms with E-state index in [-0.39, 0.29) is 11.9 Å². The van der Waals surface area contributed by atoms with Crippen LogP contribution >= 0.6 is 11.8 Å². The van der Waals surface area contributed by atoms with Crippen LogP contribution in [0.3, 0.4) is 0 Å². The summed E-state index contributed by atoms with van der Waals surface area (Å²) >= 11 is 1.40. The molecule has 0 saturated carbocycles. The van der Waals surface area contributed by atoms with Gasteiger partial charge in [-0.05, 0) is 31.9 Å². The van der Waals surface area contributed by atoms with E-state index in [0.29, 0.717) is 11.7 Å². The molecule has 0 saturated heterocycles. The van der Waals surface area contributed by atoms with Crippen molar-refractivity contribution in [2.24, 2.45) is 5.92 Å². The SMILES string of the molecule is Cc1nnc(SCC(=O)N[C@@H](C)C(C)C)n1-c1ccccc1. The smallest absolute Gasteiger partial charge is 0.230 e. The number of aryl methyl sites for hydroxylation is 1. The number of carbonyl (C=O) groups is 1. The lowest BCUT2D eigenvalue weighted by molar-refractivity contribution is -0.119. The monoisotopic (exact) mass is 318 g/mol. The van der Waals surface area contributed by atoms with Gasteiger partial charge in [0.15, 0.2) is 5.16 Å². The van der Waals surface area contributed by atoms with Gasteiger partial charge in [0, 0.05) is 11.7 Å². The summed E-state index contributed by atoms with van der Waals surface area (Å²) in [6.07, 6.45) is 0. The van der Waals surface area contributed by atoms with Crippen LogP contribution in [-0.4, -0.2) is 32.5 Å². The number of hydrogen-bond acceptors (Lipinski definition) is 4. The molecule has 1 amide bonds. The first-order chi connectivity index (χ1) is 10.5. The molecule has 118 valence electrons. The average molecular weight is 318 g/mol. The number of aromatic nitrogens is 3. The largest absolute Gasteiger partial charge is 0.353 e. The summed E-state index contributed by atoms with van der Waals surface area (Å²) in [6, 6.07) is 10.1. The highest BCUT2D eigenvalue weighted by Crippen LogP contribution is 2.21. The van der Waals surface area contributed by atoms with Crippen molar-refractivity contribution in [3.63, 3.8) is 0 Å².